The van der Waals surface area contributed by atoms with Crippen LogP contribution < -0.4 is 4.90 Å². The van der Waals surface area contributed by atoms with Gasteiger partial charge in [0.2, 0.25) is 0 Å². The summed E-state index contributed by atoms with van der Waals surface area (Å²) in [6, 6.07) is 9.54. The summed E-state index contributed by atoms with van der Waals surface area (Å²) in [6.45, 7) is 1.63. The third-order valence-corrected chi connectivity index (χ3v) is 3.66. The Kier molecular flexibility index (Phi) is 3.56. The third-order valence-electron chi connectivity index (χ3n) is 3.66. The van der Waals surface area contributed by atoms with Crippen LogP contribution in [0.25, 0.3) is 11.1 Å². The lowest BCUT2D eigenvalue weighted by atomic mass is 10.0. The van der Waals surface area contributed by atoms with Crippen molar-refractivity contribution in [3.8, 4) is 11.1 Å². The SMILES string of the molecule is O=C(O)c1ccc(-c2ccccc2F)c(N2CCCC2)n1. The molecule has 0 radical (unpaired) electrons. The average molecular weight is 286 g/mol. The summed E-state index contributed by atoms with van der Waals surface area (Å²) in [6.07, 6.45) is 2.07. The van der Waals surface area contributed by atoms with Crippen LogP contribution in [0.2, 0.25) is 0 Å². The summed E-state index contributed by atoms with van der Waals surface area (Å²) in [5, 5.41) is 9.11. The van der Waals surface area contributed by atoms with Gasteiger partial charge in [-0.3, -0.25) is 0 Å². The molecule has 3 rings (SSSR count). The first-order chi connectivity index (χ1) is 10.2. The number of hydrogen-bond acceptors (Lipinski definition) is 3. The van der Waals surface area contributed by atoms with Crippen molar-refractivity contribution in [3.63, 3.8) is 0 Å². The van der Waals surface area contributed by atoms with Crippen LogP contribution in [-0.2, 0) is 0 Å². The van der Waals surface area contributed by atoms with Crippen LogP contribution >= 0.6 is 0 Å². The maximum atomic E-state index is 14.0. The number of nitrogens with zero attached hydrogens (tertiary/aromatic N) is 2. The molecule has 1 aliphatic rings. The van der Waals surface area contributed by atoms with Gasteiger partial charge in [0.15, 0.2) is 5.69 Å². The number of anilines is 1. The molecule has 0 amide bonds. The van der Waals surface area contributed by atoms with Gasteiger partial charge in [-0.15, -0.1) is 0 Å². The first-order valence-corrected chi connectivity index (χ1v) is 6.91. The maximum Gasteiger partial charge on any atom is 0.354 e. The van der Waals surface area contributed by atoms with Crippen molar-refractivity contribution in [2.75, 3.05) is 18.0 Å². The van der Waals surface area contributed by atoms with E-state index in [1.165, 1.54) is 12.1 Å². The van der Waals surface area contributed by atoms with Crippen molar-refractivity contribution >= 4 is 11.8 Å². The van der Waals surface area contributed by atoms with E-state index in [2.05, 4.69) is 4.98 Å². The monoisotopic (exact) mass is 286 g/mol. The smallest absolute Gasteiger partial charge is 0.354 e. The highest BCUT2D eigenvalue weighted by Gasteiger charge is 2.21. The Morgan fingerprint density at radius 1 is 1.10 bits per heavy atom. The van der Waals surface area contributed by atoms with E-state index in [-0.39, 0.29) is 11.5 Å². The van der Waals surface area contributed by atoms with E-state index >= 15 is 0 Å². The van der Waals surface area contributed by atoms with Gasteiger partial charge in [-0.25, -0.2) is 14.2 Å². The Bertz CT molecular complexity index is 682. The van der Waals surface area contributed by atoms with Crippen molar-refractivity contribution < 1.29 is 14.3 Å². The van der Waals surface area contributed by atoms with Gasteiger partial charge in [-0.05, 0) is 31.0 Å². The van der Waals surface area contributed by atoms with Gasteiger partial charge in [0.1, 0.15) is 11.6 Å². The predicted octanol–water partition coefficient (Wildman–Crippen LogP) is 3.19. The van der Waals surface area contributed by atoms with E-state index in [0.717, 1.165) is 25.9 Å². The van der Waals surface area contributed by atoms with Crippen molar-refractivity contribution in [1.29, 1.82) is 0 Å². The van der Waals surface area contributed by atoms with Gasteiger partial charge in [-0.2, -0.15) is 0 Å². The summed E-state index contributed by atoms with van der Waals surface area (Å²) < 4.78 is 14.0. The lowest BCUT2D eigenvalue weighted by Crippen LogP contribution is -2.21. The molecule has 1 aromatic heterocycles. The van der Waals surface area contributed by atoms with Crippen molar-refractivity contribution in [2.45, 2.75) is 12.8 Å². The highest BCUT2D eigenvalue weighted by Crippen LogP contribution is 2.33. The molecular formula is C16H15FN2O2. The zero-order valence-corrected chi connectivity index (χ0v) is 11.4. The lowest BCUT2D eigenvalue weighted by molar-refractivity contribution is 0.0690. The summed E-state index contributed by atoms with van der Waals surface area (Å²) in [5.74, 6) is -0.851. The minimum Gasteiger partial charge on any atom is -0.477 e. The quantitative estimate of drug-likeness (QED) is 0.941. The predicted molar refractivity (Wildman–Crippen MR) is 78.0 cm³/mol. The fourth-order valence-corrected chi connectivity index (χ4v) is 2.63. The number of hydrogen-bond donors (Lipinski definition) is 1. The second-order valence-corrected chi connectivity index (χ2v) is 5.05. The number of aromatic carboxylic acids is 1. The molecule has 21 heavy (non-hydrogen) atoms. The largest absolute Gasteiger partial charge is 0.477 e. The van der Waals surface area contributed by atoms with Crippen LogP contribution in [0.4, 0.5) is 10.2 Å². The van der Waals surface area contributed by atoms with Crippen LogP contribution in [0, 0.1) is 5.82 Å². The Balaban J connectivity index is 2.15. The summed E-state index contributed by atoms with van der Waals surface area (Å²) in [4.78, 5) is 17.4. The summed E-state index contributed by atoms with van der Waals surface area (Å²) in [7, 11) is 0. The number of pyridine rings is 1. The van der Waals surface area contributed by atoms with Gasteiger partial charge in [0, 0.05) is 24.2 Å². The first kappa shape index (κ1) is 13.5. The van der Waals surface area contributed by atoms with Gasteiger partial charge >= 0.3 is 5.97 Å². The third kappa shape index (κ3) is 2.59. The molecule has 1 fully saturated rings. The second-order valence-electron chi connectivity index (χ2n) is 5.05. The highest BCUT2D eigenvalue weighted by atomic mass is 19.1. The Labute approximate surface area is 121 Å². The van der Waals surface area contributed by atoms with E-state index < -0.39 is 5.97 Å². The molecule has 2 heterocycles. The maximum absolute atomic E-state index is 14.0. The molecule has 0 saturated carbocycles. The minimum atomic E-state index is -1.07. The number of carboxylic acid groups (broad SMARTS) is 1. The van der Waals surface area contributed by atoms with E-state index in [0.29, 0.717) is 16.9 Å². The molecule has 4 nitrogen and oxygen atoms in total. The molecule has 1 N–H and O–H groups in total. The molecule has 1 aliphatic heterocycles. The van der Waals surface area contributed by atoms with Gasteiger partial charge in [0.25, 0.3) is 0 Å². The first-order valence-electron chi connectivity index (χ1n) is 6.91. The average Bonchev–Trinajstić information content (AvgIpc) is 3.01. The lowest BCUT2D eigenvalue weighted by Gasteiger charge is -2.20. The van der Waals surface area contributed by atoms with Crippen LogP contribution in [0.15, 0.2) is 36.4 Å². The molecule has 2 aromatic rings. The fraction of sp³-hybridized carbons (Fsp3) is 0.250. The number of benzene rings is 1. The number of aromatic nitrogens is 1. The Morgan fingerprint density at radius 3 is 2.48 bits per heavy atom. The molecular weight excluding hydrogens is 271 g/mol. The van der Waals surface area contributed by atoms with E-state index in [1.807, 2.05) is 4.90 Å². The highest BCUT2D eigenvalue weighted by molar-refractivity contribution is 5.88. The topological polar surface area (TPSA) is 53.4 Å². The minimum absolute atomic E-state index is 0.0167. The molecule has 5 heteroatoms. The number of carbonyl (C=O) groups is 1. The molecule has 0 bridgehead atoms. The second kappa shape index (κ2) is 5.52. The molecule has 1 aromatic carbocycles. The summed E-state index contributed by atoms with van der Waals surface area (Å²) >= 11 is 0. The molecule has 0 spiro atoms. The Hall–Kier alpha value is -2.43. The zero-order chi connectivity index (χ0) is 14.8. The fourth-order valence-electron chi connectivity index (χ4n) is 2.63. The molecule has 0 aliphatic carbocycles. The van der Waals surface area contributed by atoms with Crippen LogP contribution in [0.3, 0.4) is 0 Å². The summed E-state index contributed by atoms with van der Waals surface area (Å²) in [5.41, 5.74) is 1.07. The normalized spacial score (nSPS) is 14.4. The van der Waals surface area contributed by atoms with Gasteiger partial charge in [0.05, 0.1) is 0 Å². The Morgan fingerprint density at radius 2 is 1.81 bits per heavy atom. The number of halogens is 1. The van der Waals surface area contributed by atoms with Crippen LogP contribution in [-0.4, -0.2) is 29.1 Å². The van der Waals surface area contributed by atoms with Crippen molar-refractivity contribution in [1.82, 2.24) is 4.98 Å². The van der Waals surface area contributed by atoms with E-state index in [9.17, 15) is 9.18 Å². The zero-order valence-electron chi connectivity index (χ0n) is 11.4. The molecule has 0 atom stereocenters. The van der Waals surface area contributed by atoms with E-state index in [1.54, 1.807) is 24.3 Å². The standard InChI is InChI=1S/C16H15FN2O2/c17-13-6-2-1-5-11(13)12-7-8-14(16(20)21)18-15(12)19-9-3-4-10-19/h1-2,5-8H,3-4,9-10H2,(H,20,21). The van der Waals surface area contributed by atoms with Crippen molar-refractivity contribution in [3.05, 3.63) is 47.9 Å². The van der Waals surface area contributed by atoms with Gasteiger partial charge in [-0.1, -0.05) is 18.2 Å². The van der Waals surface area contributed by atoms with Crippen LogP contribution in [0.5, 0.6) is 0 Å². The van der Waals surface area contributed by atoms with Crippen LogP contribution in [0.1, 0.15) is 23.3 Å². The molecule has 1 saturated heterocycles. The molecule has 0 unspecified atom stereocenters. The number of carboxylic acids is 1. The molecule has 108 valence electrons. The van der Waals surface area contributed by atoms with E-state index in [4.69, 9.17) is 5.11 Å². The number of rotatable bonds is 3. The van der Waals surface area contributed by atoms with Crippen molar-refractivity contribution in [2.24, 2.45) is 0 Å². The van der Waals surface area contributed by atoms with Gasteiger partial charge < -0.3 is 10.0 Å².